The Morgan fingerprint density at radius 1 is 1.18 bits per heavy atom. The number of benzene rings is 2. The second-order valence-corrected chi connectivity index (χ2v) is 6.96. The molecule has 6 nitrogen and oxygen atoms in total. The molecule has 0 aliphatic heterocycles. The molecule has 0 spiro atoms. The lowest BCUT2D eigenvalue weighted by Gasteiger charge is -2.15. The van der Waals surface area contributed by atoms with Crippen LogP contribution in [0.1, 0.15) is 18.9 Å². The predicted molar refractivity (Wildman–Crippen MR) is 111 cm³/mol. The lowest BCUT2D eigenvalue weighted by molar-refractivity contribution is -0.113. The van der Waals surface area contributed by atoms with Gasteiger partial charge in [0.1, 0.15) is 5.75 Å². The third-order valence-corrected chi connectivity index (χ3v) is 4.83. The molecule has 0 saturated heterocycles. The summed E-state index contributed by atoms with van der Waals surface area (Å²) in [5.41, 5.74) is 0.770. The Kier molecular flexibility index (Phi) is 6.86. The number of aromatic nitrogens is 3. The molecule has 0 aliphatic rings. The molecule has 0 bridgehead atoms. The summed E-state index contributed by atoms with van der Waals surface area (Å²) < 4.78 is 7.88. The fourth-order valence-corrected chi connectivity index (χ4v) is 3.37. The number of carbonyl (C=O) groups excluding carboxylic acids is 1. The molecule has 7 heteroatoms. The molecule has 0 fully saturated rings. The number of amides is 1. The normalized spacial score (nSPS) is 11.6. The molecule has 28 heavy (non-hydrogen) atoms. The van der Waals surface area contributed by atoms with Crippen LogP contribution in [0, 0.1) is 0 Å². The van der Waals surface area contributed by atoms with Gasteiger partial charge in [0.25, 0.3) is 0 Å². The van der Waals surface area contributed by atoms with Crippen molar-refractivity contribution in [2.45, 2.75) is 24.7 Å². The topological polar surface area (TPSA) is 69.0 Å². The van der Waals surface area contributed by atoms with Crippen LogP contribution in [0.3, 0.4) is 0 Å². The molecule has 1 atom stereocenters. The first-order chi connectivity index (χ1) is 13.7. The third kappa shape index (κ3) is 5.23. The van der Waals surface area contributed by atoms with Crippen molar-refractivity contribution < 1.29 is 9.53 Å². The number of nitrogens with one attached hydrogen (secondary N) is 1. The van der Waals surface area contributed by atoms with Crippen molar-refractivity contribution in [3.05, 3.63) is 79.1 Å². The van der Waals surface area contributed by atoms with Crippen LogP contribution >= 0.6 is 11.8 Å². The summed E-state index contributed by atoms with van der Waals surface area (Å²) in [4.78, 5) is 12.2. The molecule has 1 N–H and O–H groups in total. The van der Waals surface area contributed by atoms with E-state index in [1.165, 1.54) is 11.8 Å². The molecular formula is C21H22N4O2S. The summed E-state index contributed by atoms with van der Waals surface area (Å²) >= 11 is 1.33. The number of thioether (sulfide) groups is 1. The van der Waals surface area contributed by atoms with Crippen molar-refractivity contribution in [2.75, 3.05) is 11.1 Å². The number of hydrogen-bond donors (Lipinski definition) is 1. The van der Waals surface area contributed by atoms with E-state index in [0.717, 1.165) is 11.4 Å². The van der Waals surface area contributed by atoms with Crippen molar-refractivity contribution in [1.82, 2.24) is 14.8 Å². The van der Waals surface area contributed by atoms with Gasteiger partial charge in [-0.05, 0) is 31.2 Å². The van der Waals surface area contributed by atoms with E-state index in [-0.39, 0.29) is 17.8 Å². The highest BCUT2D eigenvalue weighted by molar-refractivity contribution is 7.99. The zero-order valence-corrected chi connectivity index (χ0v) is 16.4. The van der Waals surface area contributed by atoms with Gasteiger partial charge >= 0.3 is 0 Å². The quantitative estimate of drug-likeness (QED) is 0.432. The lowest BCUT2D eigenvalue weighted by atomic mass is 10.3. The van der Waals surface area contributed by atoms with Gasteiger partial charge in [-0.25, -0.2) is 0 Å². The van der Waals surface area contributed by atoms with Gasteiger partial charge in [0, 0.05) is 12.2 Å². The summed E-state index contributed by atoms with van der Waals surface area (Å²) in [6.45, 7) is 6.27. The van der Waals surface area contributed by atoms with Crippen LogP contribution in [0.2, 0.25) is 0 Å². The zero-order chi connectivity index (χ0) is 19.8. The number of allylic oxidation sites excluding steroid dienone is 1. The Labute approximate surface area is 168 Å². The van der Waals surface area contributed by atoms with Crippen LogP contribution < -0.4 is 10.1 Å². The molecule has 0 saturated carbocycles. The van der Waals surface area contributed by atoms with Gasteiger partial charge < -0.3 is 10.1 Å². The standard InChI is InChI=1S/C21H22N4O2S/c1-3-14-25-20(16(2)27-18-12-8-5-9-13-18)23-24-21(25)28-15-19(26)22-17-10-6-4-7-11-17/h3-13,16H,1,14-15H2,2H3,(H,22,26)/t16-/m0/s1. The molecule has 3 rings (SSSR count). The second kappa shape index (κ2) is 9.75. The summed E-state index contributed by atoms with van der Waals surface area (Å²) in [7, 11) is 0. The minimum absolute atomic E-state index is 0.0977. The number of hydrogen-bond acceptors (Lipinski definition) is 5. The first kappa shape index (κ1) is 19.7. The van der Waals surface area contributed by atoms with Gasteiger partial charge in [-0.2, -0.15) is 0 Å². The zero-order valence-electron chi connectivity index (χ0n) is 15.6. The van der Waals surface area contributed by atoms with Crippen molar-refractivity contribution in [3.63, 3.8) is 0 Å². The molecular weight excluding hydrogens is 372 g/mol. The highest BCUT2D eigenvalue weighted by Gasteiger charge is 2.19. The van der Waals surface area contributed by atoms with Crippen LogP contribution in [0.5, 0.6) is 5.75 Å². The minimum atomic E-state index is -0.289. The monoisotopic (exact) mass is 394 g/mol. The number of nitrogens with zero attached hydrogens (tertiary/aromatic N) is 3. The van der Waals surface area contributed by atoms with E-state index in [1.54, 1.807) is 6.08 Å². The lowest BCUT2D eigenvalue weighted by Crippen LogP contribution is -2.15. The van der Waals surface area contributed by atoms with E-state index >= 15 is 0 Å². The van der Waals surface area contributed by atoms with Crippen LogP contribution in [-0.2, 0) is 11.3 Å². The minimum Gasteiger partial charge on any atom is -0.483 e. The SMILES string of the molecule is C=CCn1c(SCC(=O)Nc2ccccc2)nnc1[C@H](C)Oc1ccccc1. The average Bonchev–Trinajstić information content (AvgIpc) is 3.11. The van der Waals surface area contributed by atoms with Gasteiger partial charge in [-0.15, -0.1) is 16.8 Å². The summed E-state index contributed by atoms with van der Waals surface area (Å²) in [6.07, 6.45) is 1.48. The maximum Gasteiger partial charge on any atom is 0.234 e. The average molecular weight is 395 g/mol. The molecule has 1 aromatic heterocycles. The fourth-order valence-electron chi connectivity index (χ4n) is 2.61. The van der Waals surface area contributed by atoms with Gasteiger partial charge in [-0.1, -0.05) is 54.2 Å². The van der Waals surface area contributed by atoms with E-state index in [4.69, 9.17) is 4.74 Å². The van der Waals surface area contributed by atoms with Gasteiger partial charge in [0.15, 0.2) is 17.1 Å². The Bertz CT molecular complexity index is 913. The van der Waals surface area contributed by atoms with Crippen LogP contribution in [0.15, 0.2) is 78.5 Å². The van der Waals surface area contributed by atoms with Crippen LogP contribution in [0.25, 0.3) is 0 Å². The van der Waals surface area contributed by atoms with Crippen molar-refractivity contribution in [1.29, 1.82) is 0 Å². The summed E-state index contributed by atoms with van der Waals surface area (Å²) in [6, 6.07) is 18.9. The van der Waals surface area contributed by atoms with E-state index in [9.17, 15) is 4.79 Å². The Morgan fingerprint density at radius 2 is 1.86 bits per heavy atom. The van der Waals surface area contributed by atoms with E-state index < -0.39 is 0 Å². The Balaban J connectivity index is 1.66. The highest BCUT2D eigenvalue weighted by Crippen LogP contribution is 2.24. The van der Waals surface area contributed by atoms with Gasteiger partial charge in [-0.3, -0.25) is 9.36 Å². The van der Waals surface area contributed by atoms with Crippen molar-refractivity contribution in [2.24, 2.45) is 0 Å². The summed E-state index contributed by atoms with van der Waals surface area (Å²) in [5.74, 6) is 1.59. The second-order valence-electron chi connectivity index (χ2n) is 6.02. The number of carbonyl (C=O) groups is 1. The van der Waals surface area contributed by atoms with E-state index in [0.29, 0.717) is 17.5 Å². The fraction of sp³-hybridized carbons (Fsp3) is 0.190. The first-order valence-corrected chi connectivity index (χ1v) is 9.89. The number of rotatable bonds is 9. The molecule has 0 radical (unpaired) electrons. The molecule has 0 unspecified atom stereocenters. The smallest absolute Gasteiger partial charge is 0.234 e. The first-order valence-electron chi connectivity index (χ1n) is 8.90. The van der Waals surface area contributed by atoms with Gasteiger partial charge in [0.2, 0.25) is 5.91 Å². The number of anilines is 1. The highest BCUT2D eigenvalue weighted by atomic mass is 32.2. The van der Waals surface area contributed by atoms with Crippen molar-refractivity contribution in [3.8, 4) is 5.75 Å². The van der Waals surface area contributed by atoms with E-state index in [1.807, 2.05) is 72.2 Å². The van der Waals surface area contributed by atoms with E-state index in [2.05, 4.69) is 22.1 Å². The molecule has 2 aromatic carbocycles. The van der Waals surface area contributed by atoms with Crippen LogP contribution in [0.4, 0.5) is 5.69 Å². The Morgan fingerprint density at radius 3 is 2.54 bits per heavy atom. The molecule has 3 aromatic rings. The number of ether oxygens (including phenoxy) is 1. The molecule has 1 heterocycles. The number of para-hydroxylation sites is 2. The molecule has 144 valence electrons. The molecule has 1 amide bonds. The Hall–Kier alpha value is -3.06. The molecule has 0 aliphatic carbocycles. The maximum atomic E-state index is 12.2. The predicted octanol–water partition coefficient (Wildman–Crippen LogP) is 4.33. The van der Waals surface area contributed by atoms with Gasteiger partial charge in [0.05, 0.1) is 5.75 Å². The maximum absolute atomic E-state index is 12.2. The van der Waals surface area contributed by atoms with Crippen LogP contribution in [-0.4, -0.2) is 26.4 Å². The largest absolute Gasteiger partial charge is 0.483 e. The van der Waals surface area contributed by atoms with Crippen molar-refractivity contribution >= 4 is 23.4 Å². The summed E-state index contributed by atoms with van der Waals surface area (Å²) in [5, 5.41) is 12.0. The third-order valence-electron chi connectivity index (χ3n) is 3.87.